The lowest BCUT2D eigenvalue weighted by Crippen LogP contribution is -2.29. The van der Waals surface area contributed by atoms with Crippen molar-refractivity contribution in [3.8, 4) is 0 Å². The Morgan fingerprint density at radius 1 is 0.646 bits per heavy atom. The Balaban J connectivity index is 4.16. The maximum absolute atomic E-state index is 12.5. The predicted molar refractivity (Wildman–Crippen MR) is 197 cm³/mol. The number of hydrogen-bond donors (Lipinski definition) is 2. The molecule has 0 radical (unpaired) electrons. The lowest BCUT2D eigenvalue weighted by atomic mass is 10.0. The lowest BCUT2D eigenvalue weighted by molar-refractivity contribution is -0.161. The molecule has 0 bridgehead atoms. The number of allylic oxidation sites excluding steroid dienone is 1. The van der Waals surface area contributed by atoms with Crippen LogP contribution in [0.4, 0.5) is 0 Å². The summed E-state index contributed by atoms with van der Waals surface area (Å²) >= 11 is 0. The van der Waals surface area contributed by atoms with Crippen LogP contribution in [0.5, 0.6) is 0 Å². The van der Waals surface area contributed by atoms with Gasteiger partial charge in [0.25, 0.3) is 0 Å². The lowest BCUT2D eigenvalue weighted by Gasteiger charge is -2.19. The molecule has 0 aliphatic rings. The highest BCUT2D eigenvalue weighted by Crippen LogP contribution is 2.43. The van der Waals surface area contributed by atoms with Gasteiger partial charge >= 0.3 is 19.8 Å². The van der Waals surface area contributed by atoms with Crippen LogP contribution in [-0.2, 0) is 32.7 Å². The smallest absolute Gasteiger partial charge is 0.462 e. The predicted octanol–water partition coefficient (Wildman–Crippen LogP) is 10.7. The van der Waals surface area contributed by atoms with Gasteiger partial charge in [-0.05, 0) is 25.7 Å². The number of phosphoric acid groups is 1. The summed E-state index contributed by atoms with van der Waals surface area (Å²) in [5.74, 6) is -0.824. The number of esters is 2. The van der Waals surface area contributed by atoms with Crippen molar-refractivity contribution in [1.29, 1.82) is 0 Å². The summed E-state index contributed by atoms with van der Waals surface area (Å²) in [6.07, 6.45) is 32.7. The minimum atomic E-state index is -4.36. The summed E-state index contributed by atoms with van der Waals surface area (Å²) < 4.78 is 32.7. The van der Waals surface area contributed by atoms with Gasteiger partial charge in [0.2, 0.25) is 0 Å². The fourth-order valence-electron chi connectivity index (χ4n) is 5.61. The molecule has 0 aromatic rings. The summed E-state index contributed by atoms with van der Waals surface area (Å²) in [5.41, 5.74) is 5.33. The molecular weight excluding hydrogens is 629 g/mol. The molecule has 0 amide bonds. The van der Waals surface area contributed by atoms with E-state index in [2.05, 4.69) is 13.5 Å². The number of rotatable bonds is 38. The molecule has 0 aliphatic carbocycles. The van der Waals surface area contributed by atoms with Crippen LogP contribution >= 0.6 is 7.82 Å². The average Bonchev–Trinajstić information content (AvgIpc) is 3.07. The highest BCUT2D eigenvalue weighted by molar-refractivity contribution is 7.47. The monoisotopic (exact) mass is 704 g/mol. The van der Waals surface area contributed by atoms with E-state index in [1.807, 2.05) is 6.08 Å². The van der Waals surface area contributed by atoms with Crippen molar-refractivity contribution >= 4 is 19.8 Å². The molecule has 48 heavy (non-hydrogen) atoms. The maximum Gasteiger partial charge on any atom is 0.472 e. The van der Waals surface area contributed by atoms with Gasteiger partial charge < -0.3 is 20.1 Å². The molecule has 284 valence electrons. The molecule has 0 spiro atoms. The van der Waals surface area contributed by atoms with E-state index < -0.39 is 26.5 Å². The van der Waals surface area contributed by atoms with Crippen LogP contribution in [0.1, 0.15) is 187 Å². The molecular formula is C38H74NO8P. The molecule has 0 saturated carbocycles. The third-order valence-electron chi connectivity index (χ3n) is 8.55. The zero-order valence-corrected chi connectivity index (χ0v) is 31.7. The van der Waals surface area contributed by atoms with Gasteiger partial charge in [0.1, 0.15) is 6.61 Å². The van der Waals surface area contributed by atoms with Gasteiger partial charge in [-0.1, -0.05) is 154 Å². The zero-order chi connectivity index (χ0) is 35.4. The molecule has 0 aliphatic heterocycles. The third-order valence-corrected chi connectivity index (χ3v) is 9.53. The fourth-order valence-corrected chi connectivity index (χ4v) is 6.38. The van der Waals surface area contributed by atoms with Gasteiger partial charge in [-0.25, -0.2) is 4.57 Å². The number of nitrogens with two attached hydrogens (primary N) is 1. The summed E-state index contributed by atoms with van der Waals surface area (Å²) in [6.45, 7) is 5.25. The SMILES string of the molecule is C=CCCCCCCCCCCCCCCCC(=O)O[C@H](COC(=O)CCCCCCCCCCCCCC)COP(=O)(O)OCCN. The first-order chi connectivity index (χ1) is 23.3. The highest BCUT2D eigenvalue weighted by Gasteiger charge is 2.26. The summed E-state index contributed by atoms with van der Waals surface area (Å²) in [5, 5.41) is 0. The second-order valence-corrected chi connectivity index (χ2v) is 14.7. The van der Waals surface area contributed by atoms with E-state index in [1.54, 1.807) is 0 Å². The summed E-state index contributed by atoms with van der Waals surface area (Å²) in [7, 11) is -4.36. The quantitative estimate of drug-likeness (QED) is 0.0279. The number of carbonyl (C=O) groups excluding carboxylic acids is 2. The van der Waals surface area contributed by atoms with Crippen molar-refractivity contribution in [3.63, 3.8) is 0 Å². The Bertz CT molecular complexity index is 797. The normalized spacial score (nSPS) is 13.2. The van der Waals surface area contributed by atoms with Crippen molar-refractivity contribution in [2.24, 2.45) is 5.73 Å². The van der Waals surface area contributed by atoms with E-state index in [0.717, 1.165) is 44.9 Å². The van der Waals surface area contributed by atoms with Gasteiger partial charge in [-0.3, -0.25) is 18.6 Å². The average molecular weight is 704 g/mol. The standard InChI is InChI=1S/C38H74NO8P/c1-3-5-7-9-11-13-15-17-18-19-21-23-25-27-29-31-38(41)47-36(35-46-48(42,43)45-33-32-39)34-44-37(40)30-28-26-24-22-20-16-14-12-10-8-6-4-2/h3,36H,1,4-35,39H2,2H3,(H,42,43)/t36-/m1/s1. The molecule has 0 rings (SSSR count). The van der Waals surface area contributed by atoms with Gasteiger partial charge in [0.15, 0.2) is 6.10 Å². The Morgan fingerprint density at radius 3 is 1.50 bits per heavy atom. The van der Waals surface area contributed by atoms with E-state index in [9.17, 15) is 19.0 Å². The molecule has 3 N–H and O–H groups in total. The Kier molecular flexibility index (Phi) is 34.6. The molecule has 1 unspecified atom stereocenters. The molecule has 0 aromatic heterocycles. The Hall–Kier alpha value is -1.25. The van der Waals surface area contributed by atoms with Crippen LogP contribution in [0.2, 0.25) is 0 Å². The second-order valence-electron chi connectivity index (χ2n) is 13.2. The topological polar surface area (TPSA) is 134 Å². The number of ether oxygens (including phenoxy) is 2. The van der Waals surface area contributed by atoms with Crippen LogP contribution in [0, 0.1) is 0 Å². The van der Waals surface area contributed by atoms with Crippen molar-refractivity contribution in [2.75, 3.05) is 26.4 Å². The van der Waals surface area contributed by atoms with Gasteiger partial charge in [-0.2, -0.15) is 0 Å². The number of phosphoric ester groups is 1. The van der Waals surface area contributed by atoms with Crippen molar-refractivity contribution in [1.82, 2.24) is 0 Å². The van der Waals surface area contributed by atoms with E-state index in [1.165, 1.54) is 116 Å². The van der Waals surface area contributed by atoms with Crippen molar-refractivity contribution in [2.45, 2.75) is 193 Å². The van der Waals surface area contributed by atoms with E-state index >= 15 is 0 Å². The van der Waals surface area contributed by atoms with Crippen LogP contribution in [0.25, 0.3) is 0 Å². The largest absolute Gasteiger partial charge is 0.472 e. The molecule has 0 fully saturated rings. The molecule has 0 heterocycles. The summed E-state index contributed by atoms with van der Waals surface area (Å²) in [4.78, 5) is 34.7. The molecule has 10 heteroatoms. The molecule has 0 saturated heterocycles. The number of hydrogen-bond acceptors (Lipinski definition) is 8. The number of unbranched alkanes of at least 4 members (excludes halogenated alkanes) is 24. The van der Waals surface area contributed by atoms with E-state index in [0.29, 0.717) is 6.42 Å². The Labute approximate surface area is 294 Å². The van der Waals surface area contributed by atoms with Crippen molar-refractivity contribution in [3.05, 3.63) is 12.7 Å². The van der Waals surface area contributed by atoms with Crippen LogP contribution in [0.3, 0.4) is 0 Å². The second kappa shape index (κ2) is 35.6. The first-order valence-electron chi connectivity index (χ1n) is 19.6. The number of carbonyl (C=O) groups is 2. The van der Waals surface area contributed by atoms with Crippen LogP contribution in [0.15, 0.2) is 12.7 Å². The third kappa shape index (κ3) is 34.6. The van der Waals surface area contributed by atoms with Gasteiger partial charge in [0.05, 0.1) is 13.2 Å². The Morgan fingerprint density at radius 2 is 1.06 bits per heavy atom. The molecule has 2 atom stereocenters. The zero-order valence-electron chi connectivity index (χ0n) is 30.8. The molecule has 9 nitrogen and oxygen atoms in total. The highest BCUT2D eigenvalue weighted by atomic mass is 31.2. The first-order valence-corrected chi connectivity index (χ1v) is 21.1. The maximum atomic E-state index is 12.5. The molecule has 0 aromatic carbocycles. The van der Waals surface area contributed by atoms with Gasteiger partial charge in [-0.15, -0.1) is 6.58 Å². The van der Waals surface area contributed by atoms with E-state index in [-0.39, 0.29) is 38.6 Å². The van der Waals surface area contributed by atoms with Crippen molar-refractivity contribution < 1.29 is 37.6 Å². The first kappa shape index (κ1) is 46.8. The minimum Gasteiger partial charge on any atom is -0.462 e. The van der Waals surface area contributed by atoms with Gasteiger partial charge in [0, 0.05) is 19.4 Å². The van der Waals surface area contributed by atoms with Crippen LogP contribution in [-0.4, -0.2) is 49.3 Å². The van der Waals surface area contributed by atoms with Crippen LogP contribution < -0.4 is 5.73 Å². The van der Waals surface area contributed by atoms with E-state index in [4.69, 9.17) is 24.3 Å². The fraction of sp³-hybridized carbons (Fsp3) is 0.895. The summed E-state index contributed by atoms with van der Waals surface area (Å²) in [6, 6.07) is 0. The minimum absolute atomic E-state index is 0.0556.